The van der Waals surface area contributed by atoms with E-state index >= 15 is 0 Å². The molecule has 0 spiro atoms. The van der Waals surface area contributed by atoms with Crippen molar-refractivity contribution in [3.05, 3.63) is 100 Å². The molecule has 6 nitrogen and oxygen atoms in total. The highest BCUT2D eigenvalue weighted by molar-refractivity contribution is 6.42. The van der Waals surface area contributed by atoms with Gasteiger partial charge in [-0.15, -0.1) is 0 Å². The van der Waals surface area contributed by atoms with E-state index in [-0.39, 0.29) is 28.7 Å². The Balaban J connectivity index is 1.60. The van der Waals surface area contributed by atoms with Crippen LogP contribution in [0, 0.1) is 5.82 Å². The molecule has 4 amide bonds. The second-order valence-corrected chi connectivity index (χ2v) is 7.27. The lowest BCUT2D eigenvalue weighted by Crippen LogP contribution is -2.54. The molecule has 0 radical (unpaired) electrons. The summed E-state index contributed by atoms with van der Waals surface area (Å²) in [5.74, 6) is -1.57. The van der Waals surface area contributed by atoms with E-state index in [0.717, 1.165) is 4.90 Å². The van der Waals surface area contributed by atoms with Gasteiger partial charge >= 0.3 is 6.03 Å². The summed E-state index contributed by atoms with van der Waals surface area (Å²) in [6, 6.07) is 18.3. The summed E-state index contributed by atoms with van der Waals surface area (Å²) in [4.78, 5) is 38.5. The standard InChI is InChI=1S/C24H16ClFN2O4/c25-19-9-2-4-11-21(19)28-23(30)18(22(29)27-24(28)31)13-15-6-5-8-17(12-15)32-14-16-7-1-3-10-20(16)26/h1-13H,14H2,(H,27,29,31)/b18-13-. The first-order valence-electron chi connectivity index (χ1n) is 9.56. The number of benzene rings is 3. The maximum absolute atomic E-state index is 13.8. The second kappa shape index (κ2) is 9.03. The molecular weight excluding hydrogens is 435 g/mol. The number of ether oxygens (including phenoxy) is 1. The van der Waals surface area contributed by atoms with Crippen LogP contribution >= 0.6 is 11.6 Å². The predicted molar refractivity (Wildman–Crippen MR) is 118 cm³/mol. The van der Waals surface area contributed by atoms with Crippen molar-refractivity contribution in [2.45, 2.75) is 6.61 Å². The Morgan fingerprint density at radius 1 is 0.969 bits per heavy atom. The van der Waals surface area contributed by atoms with E-state index in [4.69, 9.17) is 16.3 Å². The molecule has 1 fully saturated rings. The Bertz CT molecular complexity index is 1260. The summed E-state index contributed by atoms with van der Waals surface area (Å²) in [6.45, 7) is 0.0148. The van der Waals surface area contributed by atoms with Gasteiger partial charge in [0.05, 0.1) is 10.7 Å². The molecule has 8 heteroatoms. The summed E-state index contributed by atoms with van der Waals surface area (Å²) < 4.78 is 19.4. The van der Waals surface area contributed by atoms with E-state index in [1.165, 1.54) is 24.3 Å². The summed E-state index contributed by atoms with van der Waals surface area (Å²) in [5.41, 5.74) is 0.808. The maximum Gasteiger partial charge on any atom is 0.335 e. The van der Waals surface area contributed by atoms with Gasteiger partial charge in [-0.3, -0.25) is 14.9 Å². The lowest BCUT2D eigenvalue weighted by atomic mass is 10.1. The molecule has 1 heterocycles. The third-order valence-electron chi connectivity index (χ3n) is 4.72. The molecule has 0 atom stereocenters. The van der Waals surface area contributed by atoms with Crippen LogP contribution in [0.3, 0.4) is 0 Å². The smallest absolute Gasteiger partial charge is 0.335 e. The summed E-state index contributed by atoms with van der Waals surface area (Å²) >= 11 is 6.13. The number of halogens is 2. The number of imide groups is 2. The number of para-hydroxylation sites is 1. The number of carbonyl (C=O) groups excluding carboxylic acids is 3. The zero-order valence-electron chi connectivity index (χ0n) is 16.5. The van der Waals surface area contributed by atoms with Gasteiger partial charge in [0.1, 0.15) is 23.7 Å². The summed E-state index contributed by atoms with van der Waals surface area (Å²) in [7, 11) is 0. The van der Waals surface area contributed by atoms with E-state index in [1.54, 1.807) is 54.6 Å². The molecule has 1 aliphatic heterocycles. The fourth-order valence-corrected chi connectivity index (χ4v) is 3.37. The normalized spacial score (nSPS) is 15.1. The molecule has 0 saturated carbocycles. The number of nitrogens with one attached hydrogen (secondary N) is 1. The van der Waals surface area contributed by atoms with Crippen LogP contribution in [0.5, 0.6) is 5.75 Å². The van der Waals surface area contributed by atoms with Crippen molar-refractivity contribution in [3.8, 4) is 5.75 Å². The molecule has 0 unspecified atom stereocenters. The van der Waals surface area contributed by atoms with Crippen molar-refractivity contribution in [3.63, 3.8) is 0 Å². The molecule has 32 heavy (non-hydrogen) atoms. The van der Waals surface area contributed by atoms with Crippen molar-refractivity contribution >= 4 is 41.2 Å². The monoisotopic (exact) mass is 450 g/mol. The molecule has 160 valence electrons. The molecule has 1 N–H and O–H groups in total. The lowest BCUT2D eigenvalue weighted by Gasteiger charge is -2.27. The van der Waals surface area contributed by atoms with Crippen LogP contribution < -0.4 is 15.0 Å². The van der Waals surface area contributed by atoms with Gasteiger partial charge in [-0.25, -0.2) is 14.1 Å². The van der Waals surface area contributed by atoms with E-state index in [1.807, 2.05) is 0 Å². The zero-order valence-corrected chi connectivity index (χ0v) is 17.3. The van der Waals surface area contributed by atoms with Crippen molar-refractivity contribution in [2.75, 3.05) is 4.90 Å². The van der Waals surface area contributed by atoms with Crippen molar-refractivity contribution in [1.82, 2.24) is 5.32 Å². The Labute approximate surface area is 187 Å². The molecular formula is C24H16ClFN2O4. The van der Waals surface area contributed by atoms with E-state index in [9.17, 15) is 18.8 Å². The van der Waals surface area contributed by atoms with Crippen LogP contribution in [0.2, 0.25) is 5.02 Å². The first-order chi connectivity index (χ1) is 15.4. The number of barbiturate groups is 1. The fraction of sp³-hybridized carbons (Fsp3) is 0.0417. The average molecular weight is 451 g/mol. The molecule has 1 saturated heterocycles. The molecule has 3 aromatic rings. The third-order valence-corrected chi connectivity index (χ3v) is 5.04. The van der Waals surface area contributed by atoms with Crippen LogP contribution in [0.1, 0.15) is 11.1 Å². The molecule has 1 aliphatic rings. The average Bonchev–Trinajstić information content (AvgIpc) is 2.77. The van der Waals surface area contributed by atoms with Crippen LogP contribution in [-0.2, 0) is 16.2 Å². The van der Waals surface area contributed by atoms with Crippen LogP contribution in [0.25, 0.3) is 6.08 Å². The minimum Gasteiger partial charge on any atom is -0.489 e. The van der Waals surface area contributed by atoms with Gasteiger partial charge in [-0.2, -0.15) is 0 Å². The molecule has 0 aliphatic carbocycles. The van der Waals surface area contributed by atoms with E-state index < -0.39 is 17.8 Å². The van der Waals surface area contributed by atoms with Crippen LogP contribution in [-0.4, -0.2) is 17.8 Å². The van der Waals surface area contributed by atoms with Crippen LogP contribution in [0.15, 0.2) is 78.4 Å². The Hall–Kier alpha value is -3.97. The lowest BCUT2D eigenvalue weighted by molar-refractivity contribution is -0.122. The Kier molecular flexibility index (Phi) is 6.00. The van der Waals surface area contributed by atoms with Crippen molar-refractivity contribution in [1.29, 1.82) is 0 Å². The third kappa shape index (κ3) is 4.38. The number of nitrogens with zero attached hydrogens (tertiary/aromatic N) is 1. The first kappa shape index (κ1) is 21.3. The van der Waals surface area contributed by atoms with Gasteiger partial charge in [-0.05, 0) is 42.0 Å². The first-order valence-corrected chi connectivity index (χ1v) is 9.94. The summed E-state index contributed by atoms with van der Waals surface area (Å²) in [6.07, 6.45) is 1.35. The van der Waals surface area contributed by atoms with Crippen LogP contribution in [0.4, 0.5) is 14.9 Å². The quantitative estimate of drug-likeness (QED) is 0.450. The molecule has 0 bridgehead atoms. The summed E-state index contributed by atoms with van der Waals surface area (Å²) in [5, 5.41) is 2.34. The number of hydrogen-bond acceptors (Lipinski definition) is 4. The second-order valence-electron chi connectivity index (χ2n) is 6.86. The predicted octanol–water partition coefficient (Wildman–Crippen LogP) is 4.72. The van der Waals surface area contributed by atoms with Gasteiger partial charge in [0.25, 0.3) is 11.8 Å². The highest BCUT2D eigenvalue weighted by Gasteiger charge is 2.37. The van der Waals surface area contributed by atoms with E-state index in [0.29, 0.717) is 16.9 Å². The number of anilines is 1. The highest BCUT2D eigenvalue weighted by atomic mass is 35.5. The SMILES string of the molecule is O=C1NC(=O)N(c2ccccc2Cl)C(=O)/C1=C\c1cccc(OCc2ccccc2F)c1. The van der Waals surface area contributed by atoms with Gasteiger partial charge in [0, 0.05) is 5.56 Å². The number of hydrogen-bond donors (Lipinski definition) is 1. The molecule has 3 aromatic carbocycles. The zero-order chi connectivity index (χ0) is 22.7. The number of urea groups is 1. The van der Waals surface area contributed by atoms with Gasteiger partial charge in [-0.1, -0.05) is 54.1 Å². The minimum atomic E-state index is -0.882. The van der Waals surface area contributed by atoms with Gasteiger partial charge in [0.2, 0.25) is 0 Å². The molecule has 4 rings (SSSR count). The van der Waals surface area contributed by atoms with E-state index in [2.05, 4.69) is 5.32 Å². The highest BCUT2D eigenvalue weighted by Crippen LogP contribution is 2.29. The molecule has 0 aromatic heterocycles. The van der Waals surface area contributed by atoms with Gasteiger partial charge in [0.15, 0.2) is 0 Å². The minimum absolute atomic E-state index is 0.0148. The Morgan fingerprint density at radius 3 is 2.50 bits per heavy atom. The topological polar surface area (TPSA) is 75.7 Å². The van der Waals surface area contributed by atoms with Gasteiger partial charge < -0.3 is 4.74 Å². The number of rotatable bonds is 5. The van der Waals surface area contributed by atoms with Crippen molar-refractivity contribution < 1.29 is 23.5 Å². The largest absolute Gasteiger partial charge is 0.489 e. The Morgan fingerprint density at radius 2 is 1.72 bits per heavy atom. The number of amides is 4. The van der Waals surface area contributed by atoms with Crippen molar-refractivity contribution in [2.24, 2.45) is 0 Å². The maximum atomic E-state index is 13.8. The fourth-order valence-electron chi connectivity index (χ4n) is 3.15. The number of carbonyl (C=O) groups is 3.